The van der Waals surface area contributed by atoms with Crippen LogP contribution in [0.1, 0.15) is 19.2 Å². The molecule has 3 rings (SSSR count). The maximum Gasteiger partial charge on any atom is 0.263 e. The minimum absolute atomic E-state index is 0.176. The van der Waals surface area contributed by atoms with Gasteiger partial charge in [0.15, 0.2) is 6.10 Å². The fraction of sp³-hybridized carbons (Fsp3) is 0.318. The molecule has 0 aliphatic carbocycles. The number of methoxy groups -OCH3 is 2. The van der Waals surface area contributed by atoms with Gasteiger partial charge in [0.05, 0.1) is 20.8 Å². The van der Waals surface area contributed by atoms with Gasteiger partial charge in [0.25, 0.3) is 5.91 Å². The molecule has 30 heavy (non-hydrogen) atoms. The second-order valence-corrected chi connectivity index (χ2v) is 6.63. The van der Waals surface area contributed by atoms with Gasteiger partial charge in [0.1, 0.15) is 17.2 Å². The highest BCUT2D eigenvalue weighted by Crippen LogP contribution is 2.22. The molecule has 0 aliphatic heterocycles. The number of rotatable bonds is 9. The Hall–Kier alpha value is -3.55. The molecule has 0 saturated carbocycles. The fourth-order valence-corrected chi connectivity index (χ4v) is 2.85. The van der Waals surface area contributed by atoms with E-state index in [2.05, 4.69) is 10.1 Å². The van der Waals surface area contributed by atoms with Crippen LogP contribution in [0.15, 0.2) is 53.1 Å². The normalized spacial score (nSPS) is 11.6. The van der Waals surface area contributed by atoms with Gasteiger partial charge in [-0.15, -0.1) is 0 Å². The zero-order valence-electron chi connectivity index (χ0n) is 17.5. The number of hydrogen-bond donors (Lipinski definition) is 0. The molecule has 0 aliphatic rings. The van der Waals surface area contributed by atoms with Gasteiger partial charge in [-0.05, 0) is 42.8 Å². The Labute approximate surface area is 175 Å². The predicted octanol–water partition coefficient (Wildman–Crippen LogP) is 3.57. The third-order valence-corrected chi connectivity index (χ3v) is 4.53. The molecular formula is C22H25N3O5. The van der Waals surface area contributed by atoms with E-state index in [-0.39, 0.29) is 12.5 Å². The number of amides is 1. The Morgan fingerprint density at radius 1 is 1.07 bits per heavy atom. The smallest absolute Gasteiger partial charge is 0.263 e. The lowest BCUT2D eigenvalue weighted by atomic mass is 10.2. The average molecular weight is 411 g/mol. The lowest BCUT2D eigenvalue weighted by Crippen LogP contribution is -2.39. The number of ether oxygens (including phenoxy) is 3. The topological polar surface area (TPSA) is 86.9 Å². The van der Waals surface area contributed by atoms with Crippen LogP contribution in [-0.2, 0) is 11.3 Å². The van der Waals surface area contributed by atoms with Gasteiger partial charge in [0, 0.05) is 18.7 Å². The summed E-state index contributed by atoms with van der Waals surface area (Å²) in [5, 5.41) is 4.00. The minimum Gasteiger partial charge on any atom is -0.497 e. The average Bonchev–Trinajstić information content (AvgIpc) is 3.25. The molecule has 0 bridgehead atoms. The summed E-state index contributed by atoms with van der Waals surface area (Å²) in [5.41, 5.74) is 0.799. The van der Waals surface area contributed by atoms with Crippen molar-refractivity contribution in [2.24, 2.45) is 0 Å². The molecule has 8 nitrogen and oxygen atoms in total. The predicted molar refractivity (Wildman–Crippen MR) is 110 cm³/mol. The number of carbonyl (C=O) groups excluding carboxylic acids is 1. The van der Waals surface area contributed by atoms with Crippen molar-refractivity contribution in [3.05, 3.63) is 54.4 Å². The van der Waals surface area contributed by atoms with Crippen molar-refractivity contribution in [1.29, 1.82) is 0 Å². The first-order valence-electron chi connectivity index (χ1n) is 9.56. The van der Waals surface area contributed by atoms with Gasteiger partial charge >= 0.3 is 0 Å². The second kappa shape index (κ2) is 9.78. The van der Waals surface area contributed by atoms with Crippen LogP contribution >= 0.6 is 0 Å². The first-order chi connectivity index (χ1) is 14.5. The molecule has 0 radical (unpaired) electrons. The van der Waals surface area contributed by atoms with E-state index in [9.17, 15) is 4.79 Å². The number of hydrogen-bond acceptors (Lipinski definition) is 7. The van der Waals surface area contributed by atoms with Crippen molar-refractivity contribution in [2.45, 2.75) is 26.0 Å². The first kappa shape index (κ1) is 21.2. The maximum absolute atomic E-state index is 12.9. The third-order valence-electron chi connectivity index (χ3n) is 4.53. The summed E-state index contributed by atoms with van der Waals surface area (Å²) in [6, 6.07) is 14.5. The summed E-state index contributed by atoms with van der Waals surface area (Å²) >= 11 is 0. The van der Waals surface area contributed by atoms with Crippen LogP contribution in [0.4, 0.5) is 0 Å². The third kappa shape index (κ3) is 5.08. The zero-order valence-corrected chi connectivity index (χ0v) is 17.5. The lowest BCUT2D eigenvalue weighted by Gasteiger charge is -2.22. The molecule has 1 atom stereocenters. The summed E-state index contributed by atoms with van der Waals surface area (Å²) in [6.45, 7) is 2.07. The molecule has 1 heterocycles. The Kier molecular flexibility index (Phi) is 6.90. The van der Waals surface area contributed by atoms with Crippen LogP contribution in [-0.4, -0.2) is 48.3 Å². The summed E-state index contributed by atoms with van der Waals surface area (Å²) in [7, 11) is 4.87. The maximum atomic E-state index is 12.9. The molecule has 1 amide bonds. The van der Waals surface area contributed by atoms with Crippen LogP contribution in [0.25, 0.3) is 11.4 Å². The van der Waals surface area contributed by atoms with Crippen molar-refractivity contribution in [3.63, 3.8) is 0 Å². The molecule has 0 N–H and O–H groups in total. The van der Waals surface area contributed by atoms with Crippen LogP contribution in [0.5, 0.6) is 17.2 Å². The van der Waals surface area contributed by atoms with Crippen molar-refractivity contribution in [2.75, 3.05) is 21.3 Å². The molecule has 0 fully saturated rings. The lowest BCUT2D eigenvalue weighted by molar-refractivity contribution is -0.138. The van der Waals surface area contributed by atoms with E-state index in [0.717, 1.165) is 11.3 Å². The highest BCUT2D eigenvalue weighted by Gasteiger charge is 2.24. The molecular weight excluding hydrogens is 386 g/mol. The van der Waals surface area contributed by atoms with Gasteiger partial charge in [-0.2, -0.15) is 4.98 Å². The minimum atomic E-state index is -0.633. The van der Waals surface area contributed by atoms with Gasteiger partial charge in [-0.1, -0.05) is 18.1 Å². The van der Waals surface area contributed by atoms with Crippen molar-refractivity contribution < 1.29 is 23.5 Å². The molecule has 0 saturated heterocycles. The summed E-state index contributed by atoms with van der Waals surface area (Å²) in [4.78, 5) is 18.7. The van der Waals surface area contributed by atoms with E-state index in [1.807, 2.05) is 43.3 Å². The molecule has 0 spiro atoms. The second-order valence-electron chi connectivity index (χ2n) is 6.63. The van der Waals surface area contributed by atoms with E-state index in [0.29, 0.717) is 29.6 Å². The molecule has 3 aromatic rings. The summed E-state index contributed by atoms with van der Waals surface area (Å²) < 4.78 is 21.5. The molecule has 8 heteroatoms. The Morgan fingerprint density at radius 3 is 2.43 bits per heavy atom. The zero-order chi connectivity index (χ0) is 21.5. The fourth-order valence-electron chi connectivity index (χ4n) is 2.85. The number of likely N-dealkylation sites (N-methyl/N-ethyl adjacent to an activating group) is 1. The number of nitrogens with zero attached hydrogens (tertiary/aromatic N) is 3. The summed E-state index contributed by atoms with van der Waals surface area (Å²) in [5.74, 6) is 2.60. The van der Waals surface area contributed by atoms with Crippen LogP contribution < -0.4 is 14.2 Å². The standard InChI is InChI=1S/C22H25N3O5/c1-5-19(29-18-8-6-7-17(13-18)28-4)22(26)25(2)14-20-23-21(24-30-20)15-9-11-16(27-3)12-10-15/h6-13,19H,5,14H2,1-4H3. The van der Waals surface area contributed by atoms with Gasteiger partial charge in [0.2, 0.25) is 11.7 Å². The van der Waals surface area contributed by atoms with Crippen molar-refractivity contribution >= 4 is 5.91 Å². The molecule has 1 unspecified atom stereocenters. The molecule has 2 aromatic carbocycles. The highest BCUT2D eigenvalue weighted by atomic mass is 16.5. The number of benzene rings is 2. The van der Waals surface area contributed by atoms with E-state index in [1.165, 1.54) is 4.90 Å². The highest BCUT2D eigenvalue weighted by molar-refractivity contribution is 5.81. The Bertz CT molecular complexity index is 971. The number of carbonyl (C=O) groups is 1. The van der Waals surface area contributed by atoms with Crippen molar-refractivity contribution in [3.8, 4) is 28.6 Å². The quantitative estimate of drug-likeness (QED) is 0.532. The molecule has 1 aromatic heterocycles. The largest absolute Gasteiger partial charge is 0.497 e. The van der Waals surface area contributed by atoms with E-state index in [1.54, 1.807) is 33.4 Å². The van der Waals surface area contributed by atoms with E-state index >= 15 is 0 Å². The Morgan fingerprint density at radius 2 is 1.77 bits per heavy atom. The molecule has 158 valence electrons. The van der Waals surface area contributed by atoms with Gasteiger partial charge < -0.3 is 23.6 Å². The number of aromatic nitrogens is 2. The van der Waals surface area contributed by atoms with Crippen molar-refractivity contribution in [1.82, 2.24) is 15.0 Å². The summed E-state index contributed by atoms with van der Waals surface area (Å²) in [6.07, 6.45) is -0.118. The van der Waals surface area contributed by atoms with Crippen LogP contribution in [0.2, 0.25) is 0 Å². The first-order valence-corrected chi connectivity index (χ1v) is 9.56. The Balaban J connectivity index is 1.64. The SMILES string of the molecule is CCC(Oc1cccc(OC)c1)C(=O)N(C)Cc1nc(-c2ccc(OC)cc2)no1. The van der Waals surface area contributed by atoms with Crippen LogP contribution in [0.3, 0.4) is 0 Å². The van der Waals surface area contributed by atoms with Crippen LogP contribution in [0, 0.1) is 0 Å². The van der Waals surface area contributed by atoms with Gasteiger partial charge in [-0.25, -0.2) is 0 Å². The monoisotopic (exact) mass is 411 g/mol. The van der Waals surface area contributed by atoms with E-state index < -0.39 is 6.10 Å². The van der Waals surface area contributed by atoms with Gasteiger partial charge in [-0.3, -0.25) is 4.79 Å². The van der Waals surface area contributed by atoms with E-state index in [4.69, 9.17) is 18.7 Å².